The summed E-state index contributed by atoms with van der Waals surface area (Å²) < 4.78 is 10.9. The van der Waals surface area contributed by atoms with Crippen molar-refractivity contribution < 1.29 is 9.26 Å². The van der Waals surface area contributed by atoms with Gasteiger partial charge in [-0.2, -0.15) is 4.98 Å². The summed E-state index contributed by atoms with van der Waals surface area (Å²) in [6, 6.07) is 0.287. The predicted molar refractivity (Wildman–Crippen MR) is 61.4 cm³/mol. The van der Waals surface area contributed by atoms with Gasteiger partial charge in [-0.3, -0.25) is 0 Å². The molecule has 0 saturated heterocycles. The van der Waals surface area contributed by atoms with Crippen LogP contribution >= 0.6 is 0 Å². The maximum absolute atomic E-state index is 5.90. The number of rotatable bonds is 3. The molecule has 0 bridgehead atoms. The summed E-state index contributed by atoms with van der Waals surface area (Å²) in [4.78, 5) is 4.53. The zero-order valence-electron chi connectivity index (χ0n) is 10.2. The molecule has 2 aliphatic rings. The summed E-state index contributed by atoms with van der Waals surface area (Å²) in [6.45, 7) is 0. The van der Waals surface area contributed by atoms with Crippen LogP contribution in [-0.2, 0) is 10.3 Å². The van der Waals surface area contributed by atoms with Gasteiger partial charge in [-0.05, 0) is 38.5 Å². The molecule has 0 spiro atoms. The highest BCUT2D eigenvalue weighted by molar-refractivity contribution is 5.09. The van der Waals surface area contributed by atoms with Crippen molar-refractivity contribution in [1.82, 2.24) is 10.1 Å². The van der Waals surface area contributed by atoms with Crippen LogP contribution in [0.25, 0.3) is 0 Å². The highest BCUT2D eigenvalue weighted by Gasteiger charge is 2.43. The lowest BCUT2D eigenvalue weighted by atomic mass is 9.79. The topological polar surface area (TPSA) is 74.2 Å². The Bertz CT molecular complexity index is 395. The predicted octanol–water partition coefficient (Wildman–Crippen LogP) is 1.69. The summed E-state index contributed by atoms with van der Waals surface area (Å²) in [6.07, 6.45) is 6.23. The summed E-state index contributed by atoms with van der Waals surface area (Å²) >= 11 is 0. The van der Waals surface area contributed by atoms with Crippen molar-refractivity contribution in [2.24, 2.45) is 5.73 Å². The summed E-state index contributed by atoms with van der Waals surface area (Å²) in [5, 5.41) is 4.10. The van der Waals surface area contributed by atoms with Crippen LogP contribution < -0.4 is 5.73 Å². The van der Waals surface area contributed by atoms with Crippen LogP contribution in [0.3, 0.4) is 0 Å². The molecule has 0 amide bonds. The minimum absolute atomic E-state index is 0.275. The first-order chi connectivity index (χ1) is 8.23. The molecule has 0 aliphatic heterocycles. The van der Waals surface area contributed by atoms with E-state index in [1.165, 1.54) is 6.42 Å². The largest absolute Gasteiger partial charge is 0.370 e. The second-order valence-corrected chi connectivity index (χ2v) is 5.28. The Morgan fingerprint density at radius 1 is 1.41 bits per heavy atom. The van der Waals surface area contributed by atoms with Crippen LogP contribution in [0.1, 0.15) is 56.2 Å². The van der Waals surface area contributed by atoms with Gasteiger partial charge in [0.15, 0.2) is 0 Å². The Kier molecular flexibility index (Phi) is 2.67. The Morgan fingerprint density at radius 3 is 2.76 bits per heavy atom. The fourth-order valence-electron chi connectivity index (χ4n) is 2.84. The molecule has 94 valence electrons. The Morgan fingerprint density at radius 2 is 2.24 bits per heavy atom. The first-order valence-corrected chi connectivity index (χ1v) is 6.38. The maximum Gasteiger partial charge on any atom is 0.229 e. The van der Waals surface area contributed by atoms with E-state index in [0.29, 0.717) is 5.92 Å². The van der Waals surface area contributed by atoms with Gasteiger partial charge < -0.3 is 15.0 Å². The highest BCUT2D eigenvalue weighted by atomic mass is 16.5. The van der Waals surface area contributed by atoms with E-state index < -0.39 is 0 Å². The highest BCUT2D eigenvalue weighted by Crippen LogP contribution is 2.43. The van der Waals surface area contributed by atoms with E-state index in [1.54, 1.807) is 7.11 Å². The molecule has 1 heterocycles. The molecule has 2 fully saturated rings. The van der Waals surface area contributed by atoms with Crippen molar-refractivity contribution in [1.29, 1.82) is 0 Å². The third-order valence-corrected chi connectivity index (χ3v) is 4.22. The molecule has 2 atom stereocenters. The van der Waals surface area contributed by atoms with Gasteiger partial charge in [0.25, 0.3) is 0 Å². The smallest absolute Gasteiger partial charge is 0.229 e. The Labute approximate surface area is 101 Å². The first-order valence-electron chi connectivity index (χ1n) is 6.38. The van der Waals surface area contributed by atoms with E-state index in [-0.39, 0.29) is 11.6 Å². The van der Waals surface area contributed by atoms with E-state index >= 15 is 0 Å². The van der Waals surface area contributed by atoms with E-state index in [2.05, 4.69) is 10.1 Å². The Hall–Kier alpha value is -0.940. The van der Waals surface area contributed by atoms with Gasteiger partial charge in [-0.25, -0.2) is 0 Å². The molecular formula is C12H19N3O2. The summed E-state index contributed by atoms with van der Waals surface area (Å²) in [7, 11) is 1.72. The minimum Gasteiger partial charge on any atom is -0.370 e. The zero-order chi connectivity index (χ0) is 11.9. The third-order valence-electron chi connectivity index (χ3n) is 4.22. The minimum atomic E-state index is -0.275. The quantitative estimate of drug-likeness (QED) is 0.865. The lowest BCUT2D eigenvalue weighted by molar-refractivity contribution is -0.0858. The molecule has 2 saturated carbocycles. The lowest BCUT2D eigenvalue weighted by Gasteiger charge is -2.37. The molecule has 1 aromatic heterocycles. The summed E-state index contributed by atoms with van der Waals surface area (Å²) in [5.74, 6) is 1.82. The number of ether oxygens (including phenoxy) is 1. The van der Waals surface area contributed by atoms with Crippen LogP contribution in [0.4, 0.5) is 0 Å². The van der Waals surface area contributed by atoms with Crippen LogP contribution in [-0.4, -0.2) is 23.3 Å². The average molecular weight is 237 g/mol. The Balaban J connectivity index is 1.78. The molecule has 2 aliphatic carbocycles. The van der Waals surface area contributed by atoms with Crippen molar-refractivity contribution in [3.05, 3.63) is 11.7 Å². The van der Waals surface area contributed by atoms with Gasteiger partial charge in [0.05, 0.1) is 0 Å². The fraction of sp³-hybridized carbons (Fsp3) is 0.833. The molecule has 0 aromatic carbocycles. The molecule has 2 unspecified atom stereocenters. The second kappa shape index (κ2) is 4.07. The van der Waals surface area contributed by atoms with E-state index in [0.717, 1.165) is 43.8 Å². The van der Waals surface area contributed by atoms with E-state index in [9.17, 15) is 0 Å². The number of hydrogen-bond acceptors (Lipinski definition) is 5. The second-order valence-electron chi connectivity index (χ2n) is 5.28. The van der Waals surface area contributed by atoms with Crippen molar-refractivity contribution in [3.8, 4) is 0 Å². The molecule has 17 heavy (non-hydrogen) atoms. The van der Waals surface area contributed by atoms with Crippen LogP contribution in [0.2, 0.25) is 0 Å². The van der Waals surface area contributed by atoms with Gasteiger partial charge in [0.2, 0.25) is 11.7 Å². The normalized spacial score (nSPS) is 31.4. The number of hydrogen-bond donors (Lipinski definition) is 1. The van der Waals surface area contributed by atoms with Crippen molar-refractivity contribution in [2.75, 3.05) is 7.11 Å². The van der Waals surface area contributed by atoms with E-state index in [4.69, 9.17) is 15.0 Å². The third kappa shape index (κ3) is 1.77. The zero-order valence-corrected chi connectivity index (χ0v) is 10.2. The van der Waals surface area contributed by atoms with Crippen LogP contribution in [0, 0.1) is 0 Å². The first kappa shape index (κ1) is 11.2. The van der Waals surface area contributed by atoms with Crippen molar-refractivity contribution in [3.63, 3.8) is 0 Å². The molecule has 5 nitrogen and oxygen atoms in total. The van der Waals surface area contributed by atoms with Crippen LogP contribution in [0.15, 0.2) is 4.52 Å². The van der Waals surface area contributed by atoms with Crippen molar-refractivity contribution >= 4 is 0 Å². The monoisotopic (exact) mass is 237 g/mol. The number of nitrogens with two attached hydrogens (primary N) is 1. The lowest BCUT2D eigenvalue weighted by Crippen LogP contribution is -2.37. The van der Waals surface area contributed by atoms with Gasteiger partial charge in [-0.1, -0.05) is 5.16 Å². The molecule has 1 aromatic rings. The molecule has 0 radical (unpaired) electrons. The van der Waals surface area contributed by atoms with Crippen LogP contribution in [0.5, 0.6) is 0 Å². The number of nitrogens with zero attached hydrogens (tertiary/aromatic N) is 2. The van der Waals surface area contributed by atoms with Gasteiger partial charge in [0.1, 0.15) is 5.60 Å². The maximum atomic E-state index is 5.90. The fourth-order valence-corrected chi connectivity index (χ4v) is 2.84. The van der Waals surface area contributed by atoms with Gasteiger partial charge in [0, 0.05) is 19.1 Å². The summed E-state index contributed by atoms with van der Waals surface area (Å²) in [5.41, 5.74) is 5.63. The van der Waals surface area contributed by atoms with Gasteiger partial charge >= 0.3 is 0 Å². The number of methoxy groups -OCH3 is 1. The average Bonchev–Trinajstić information content (AvgIpc) is 2.86. The molecule has 3 rings (SSSR count). The van der Waals surface area contributed by atoms with E-state index in [1.807, 2.05) is 0 Å². The molecule has 2 N–H and O–H groups in total. The molecular weight excluding hydrogens is 218 g/mol. The number of aromatic nitrogens is 2. The standard InChI is InChI=1S/C12H19N3O2/c1-16-12(5-2-6-12)11-14-10(17-15-11)8-3-4-9(13)7-8/h8-9H,2-7,13H2,1H3. The van der Waals surface area contributed by atoms with Crippen molar-refractivity contribution in [2.45, 2.75) is 56.1 Å². The SMILES string of the molecule is COC1(c2noc(C3CCC(N)C3)n2)CCC1. The molecule has 5 heteroatoms. The van der Waals surface area contributed by atoms with Gasteiger partial charge in [-0.15, -0.1) is 0 Å².